The molecule has 0 N–H and O–H groups in total. The second-order valence-electron chi connectivity index (χ2n) is 4.39. The largest absolute Gasteiger partial charge is 0.475 e. The van der Waals surface area contributed by atoms with Gasteiger partial charge in [-0.1, -0.05) is 26.7 Å². The maximum Gasteiger partial charge on any atom is 0.475 e. The van der Waals surface area contributed by atoms with Gasteiger partial charge in [-0.3, -0.25) is 13.6 Å². The van der Waals surface area contributed by atoms with Crippen LogP contribution in [-0.2, 0) is 18.1 Å². The number of hydrogen-bond acceptors (Lipinski definition) is 4. The molecule has 0 aromatic rings. The number of rotatable bonds is 10. The van der Waals surface area contributed by atoms with Crippen molar-refractivity contribution in [3.05, 3.63) is 0 Å². The van der Waals surface area contributed by atoms with E-state index in [1.165, 1.54) is 0 Å². The third-order valence-corrected chi connectivity index (χ3v) is 3.79. The fourth-order valence-corrected chi connectivity index (χ4v) is 2.57. The van der Waals surface area contributed by atoms with Crippen LogP contribution in [0.5, 0.6) is 0 Å². The van der Waals surface area contributed by atoms with Crippen molar-refractivity contribution in [3.8, 4) is 0 Å². The van der Waals surface area contributed by atoms with Crippen LogP contribution in [0, 0.1) is 0 Å². The van der Waals surface area contributed by atoms with Crippen LogP contribution in [0.25, 0.3) is 0 Å². The smallest absolute Gasteiger partial charge is 0.287 e. The van der Waals surface area contributed by atoms with Crippen molar-refractivity contribution in [2.24, 2.45) is 0 Å². The number of phosphoric acid groups is 1. The van der Waals surface area contributed by atoms with Crippen LogP contribution in [0.1, 0.15) is 39.5 Å². The third kappa shape index (κ3) is 8.36. The average molecular weight is 360 g/mol. The van der Waals surface area contributed by atoms with E-state index in [0.29, 0.717) is 12.8 Å². The minimum atomic E-state index is -5.78. The van der Waals surface area contributed by atoms with Crippen molar-refractivity contribution in [2.75, 3.05) is 13.2 Å². The van der Waals surface area contributed by atoms with E-state index in [4.69, 9.17) is 0 Å². The molecule has 22 heavy (non-hydrogen) atoms. The van der Waals surface area contributed by atoms with Crippen LogP contribution in [0.2, 0.25) is 0 Å². The van der Waals surface area contributed by atoms with Crippen molar-refractivity contribution in [1.82, 2.24) is 0 Å². The molecule has 4 nitrogen and oxygen atoms in total. The van der Waals surface area contributed by atoms with E-state index in [-0.39, 0.29) is 26.1 Å². The quantitative estimate of drug-likeness (QED) is 0.304. The Labute approximate surface area is 124 Å². The summed E-state index contributed by atoms with van der Waals surface area (Å²) in [5.74, 6) is 0. The Bertz CT molecular complexity index is 329. The summed E-state index contributed by atoms with van der Waals surface area (Å²) in [6, 6.07) is 0. The fraction of sp³-hybridized carbons (Fsp3) is 1.00. The van der Waals surface area contributed by atoms with Crippen molar-refractivity contribution in [2.45, 2.75) is 58.0 Å². The molecule has 0 amide bonds. The van der Waals surface area contributed by atoms with E-state index >= 15 is 0 Å². The van der Waals surface area contributed by atoms with Gasteiger partial charge < -0.3 is 0 Å². The predicted molar refractivity (Wildman–Crippen MR) is 66.3 cm³/mol. The van der Waals surface area contributed by atoms with Gasteiger partial charge in [0, 0.05) is 0 Å². The molecule has 134 valence electrons. The average Bonchev–Trinajstić information content (AvgIpc) is 2.34. The molecule has 0 aromatic heterocycles. The van der Waals surface area contributed by atoms with E-state index in [9.17, 15) is 30.9 Å². The molecule has 0 heterocycles. The first-order valence-electron chi connectivity index (χ1n) is 6.67. The predicted octanol–water partition coefficient (Wildman–Crippen LogP) is 5.24. The maximum absolute atomic E-state index is 12.4. The van der Waals surface area contributed by atoms with Crippen LogP contribution in [0.4, 0.5) is 26.3 Å². The molecule has 0 atom stereocenters. The molecule has 0 aliphatic carbocycles. The number of halogens is 6. The molecule has 0 unspecified atom stereocenters. The first-order chi connectivity index (χ1) is 9.96. The standard InChI is InChI=1S/C11H19F6O4P/c1-3-5-7-19-22(18,20-8-6-4-2)21-9(10(12,13)14)11(15,16)17/h9H,3-8H2,1-2H3. The molecule has 0 aliphatic heterocycles. The Hall–Kier alpha value is -0.310. The summed E-state index contributed by atoms with van der Waals surface area (Å²) in [5.41, 5.74) is 0. The highest BCUT2D eigenvalue weighted by Gasteiger charge is 2.61. The van der Waals surface area contributed by atoms with E-state index in [2.05, 4.69) is 13.6 Å². The molecular weight excluding hydrogens is 341 g/mol. The lowest BCUT2D eigenvalue weighted by atomic mass is 10.3. The molecule has 0 aliphatic rings. The van der Waals surface area contributed by atoms with Crippen molar-refractivity contribution >= 4 is 7.82 Å². The molecular formula is C11H19F6O4P. The highest BCUT2D eigenvalue weighted by atomic mass is 31.2. The topological polar surface area (TPSA) is 44.8 Å². The van der Waals surface area contributed by atoms with Crippen LogP contribution >= 0.6 is 7.82 Å². The molecule has 0 aromatic carbocycles. The van der Waals surface area contributed by atoms with E-state index in [1.807, 2.05) is 0 Å². The lowest BCUT2D eigenvalue weighted by Gasteiger charge is -2.26. The summed E-state index contributed by atoms with van der Waals surface area (Å²) in [4.78, 5) is 0. The summed E-state index contributed by atoms with van der Waals surface area (Å²) < 4.78 is 99.5. The summed E-state index contributed by atoms with van der Waals surface area (Å²) in [6.45, 7) is 2.76. The van der Waals surface area contributed by atoms with Crippen LogP contribution in [0.15, 0.2) is 0 Å². The number of unbranched alkanes of at least 4 members (excludes halogenated alkanes) is 2. The van der Waals surface area contributed by atoms with Gasteiger partial charge in [-0.2, -0.15) is 26.3 Å². The van der Waals surface area contributed by atoms with E-state index in [1.54, 1.807) is 13.8 Å². The van der Waals surface area contributed by atoms with Gasteiger partial charge in [0.05, 0.1) is 13.2 Å². The van der Waals surface area contributed by atoms with Gasteiger partial charge >= 0.3 is 20.2 Å². The Kier molecular flexibility index (Phi) is 8.97. The lowest BCUT2D eigenvalue weighted by molar-refractivity contribution is -0.304. The summed E-state index contributed by atoms with van der Waals surface area (Å²) in [6.07, 6.45) is -14.1. The minimum Gasteiger partial charge on any atom is -0.287 e. The Morgan fingerprint density at radius 3 is 1.50 bits per heavy atom. The first kappa shape index (κ1) is 21.7. The van der Waals surface area contributed by atoms with Crippen LogP contribution < -0.4 is 0 Å². The van der Waals surface area contributed by atoms with Gasteiger partial charge in [-0.25, -0.2) is 4.57 Å². The Morgan fingerprint density at radius 2 is 1.23 bits per heavy atom. The molecule has 0 radical (unpaired) electrons. The number of phosphoric ester groups is 1. The second kappa shape index (κ2) is 9.10. The minimum absolute atomic E-state index is 0.285. The first-order valence-corrected chi connectivity index (χ1v) is 8.13. The van der Waals surface area contributed by atoms with Crippen molar-refractivity contribution in [1.29, 1.82) is 0 Å². The van der Waals surface area contributed by atoms with Crippen LogP contribution in [-0.4, -0.2) is 31.7 Å². The van der Waals surface area contributed by atoms with Gasteiger partial charge in [0.2, 0.25) is 0 Å². The van der Waals surface area contributed by atoms with E-state index < -0.39 is 26.3 Å². The molecule has 11 heteroatoms. The molecule has 0 rings (SSSR count). The molecule has 0 spiro atoms. The van der Waals surface area contributed by atoms with Crippen molar-refractivity contribution in [3.63, 3.8) is 0 Å². The molecule has 0 bridgehead atoms. The monoisotopic (exact) mass is 360 g/mol. The summed E-state index contributed by atoms with van der Waals surface area (Å²) in [5, 5.41) is 0. The van der Waals surface area contributed by atoms with Gasteiger partial charge in [0.25, 0.3) is 6.10 Å². The number of alkyl halides is 6. The second-order valence-corrected chi connectivity index (χ2v) is 6.01. The summed E-state index contributed by atoms with van der Waals surface area (Å²) >= 11 is 0. The van der Waals surface area contributed by atoms with E-state index in [0.717, 1.165) is 0 Å². The summed E-state index contributed by atoms with van der Waals surface area (Å²) in [7, 11) is -4.97. The Morgan fingerprint density at radius 1 is 0.864 bits per heavy atom. The van der Waals surface area contributed by atoms with Gasteiger partial charge in [-0.15, -0.1) is 0 Å². The third-order valence-electron chi connectivity index (χ3n) is 2.32. The van der Waals surface area contributed by atoms with Crippen molar-refractivity contribution < 1.29 is 44.5 Å². The van der Waals surface area contributed by atoms with Crippen LogP contribution in [0.3, 0.4) is 0 Å². The normalized spacial score (nSPS) is 13.9. The highest BCUT2D eigenvalue weighted by Crippen LogP contribution is 2.55. The number of hydrogen-bond donors (Lipinski definition) is 0. The van der Waals surface area contributed by atoms with Gasteiger partial charge in [0.15, 0.2) is 0 Å². The van der Waals surface area contributed by atoms with Gasteiger partial charge in [0.1, 0.15) is 0 Å². The molecule has 0 fully saturated rings. The highest BCUT2D eigenvalue weighted by molar-refractivity contribution is 7.48. The zero-order chi connectivity index (χ0) is 17.4. The molecule has 0 saturated heterocycles. The SMILES string of the molecule is CCCCOP(=O)(OCCCC)OC(C(F)(F)F)C(F)(F)F. The Balaban J connectivity index is 5.08. The fourth-order valence-electron chi connectivity index (χ4n) is 1.17. The maximum atomic E-state index is 12.4. The lowest BCUT2D eigenvalue weighted by Crippen LogP contribution is -2.43. The zero-order valence-electron chi connectivity index (χ0n) is 12.2. The molecule has 0 saturated carbocycles. The van der Waals surface area contributed by atoms with Gasteiger partial charge in [-0.05, 0) is 12.8 Å². The zero-order valence-corrected chi connectivity index (χ0v) is 13.1.